The summed E-state index contributed by atoms with van der Waals surface area (Å²) in [7, 11) is 0. The highest BCUT2D eigenvalue weighted by molar-refractivity contribution is 6.21. The van der Waals surface area contributed by atoms with Gasteiger partial charge in [-0.15, -0.1) is 0 Å². The van der Waals surface area contributed by atoms with E-state index in [1.165, 1.54) is 88.0 Å². The Morgan fingerprint density at radius 3 is 1.66 bits per heavy atom. The van der Waals surface area contributed by atoms with Gasteiger partial charge >= 0.3 is 0 Å². The van der Waals surface area contributed by atoms with Crippen LogP contribution in [0.2, 0.25) is 0 Å². The Morgan fingerprint density at radius 1 is 0.345 bits per heavy atom. The minimum absolute atomic E-state index is 0.0634. The van der Waals surface area contributed by atoms with E-state index < -0.39 is 0 Å². The molecule has 11 aromatic rings. The maximum atomic E-state index is 6.48. The fourth-order valence-electron chi connectivity index (χ4n) is 10.2. The van der Waals surface area contributed by atoms with Crippen molar-refractivity contribution in [2.75, 3.05) is 0 Å². The van der Waals surface area contributed by atoms with E-state index in [1.807, 2.05) is 6.07 Å². The molecule has 0 saturated carbocycles. The van der Waals surface area contributed by atoms with Gasteiger partial charge < -0.3 is 4.42 Å². The normalized spacial score (nSPS) is 13.1. The molecule has 0 unspecified atom stereocenters. The molecule has 1 heteroatoms. The molecule has 0 fully saturated rings. The molecular formula is C57H38O. The Bertz CT molecular complexity index is 3410. The van der Waals surface area contributed by atoms with Crippen molar-refractivity contribution in [2.45, 2.75) is 19.3 Å². The van der Waals surface area contributed by atoms with E-state index in [2.05, 4.69) is 202 Å². The summed E-state index contributed by atoms with van der Waals surface area (Å²) in [6.07, 6.45) is 0. The SMILES string of the molecule is CC1(C)c2ccc(-c3ccc(-c4c5ccccc5c(-c5cccc(-c6cccc7c6oc6ccccc67)c5)c5ccccc45)cc3)cc2-c2ccc3ccccc3c21. The highest BCUT2D eigenvalue weighted by atomic mass is 16.3. The Morgan fingerprint density at radius 2 is 0.914 bits per heavy atom. The summed E-state index contributed by atoms with van der Waals surface area (Å²) in [6, 6.07) is 71.3. The fraction of sp³-hybridized carbons (Fsp3) is 0.0526. The molecular weight excluding hydrogens is 701 g/mol. The van der Waals surface area contributed by atoms with Crippen LogP contribution in [-0.4, -0.2) is 0 Å². The number of benzene rings is 10. The third-order valence-corrected chi connectivity index (χ3v) is 12.8. The molecule has 0 amide bonds. The van der Waals surface area contributed by atoms with E-state index in [9.17, 15) is 0 Å². The minimum atomic E-state index is -0.0634. The minimum Gasteiger partial charge on any atom is -0.455 e. The van der Waals surface area contributed by atoms with Crippen LogP contribution >= 0.6 is 0 Å². The van der Waals surface area contributed by atoms with E-state index in [0.717, 1.165) is 33.1 Å². The topological polar surface area (TPSA) is 13.1 Å². The van der Waals surface area contributed by atoms with Crippen LogP contribution in [0.15, 0.2) is 199 Å². The number of fused-ring (bicyclic) bond motifs is 10. The predicted molar refractivity (Wildman–Crippen MR) is 246 cm³/mol. The second-order valence-corrected chi connectivity index (χ2v) is 16.4. The molecule has 1 aromatic heterocycles. The zero-order valence-electron chi connectivity index (χ0n) is 32.4. The van der Waals surface area contributed by atoms with Crippen molar-refractivity contribution in [3.63, 3.8) is 0 Å². The zero-order valence-corrected chi connectivity index (χ0v) is 32.4. The van der Waals surface area contributed by atoms with Crippen LogP contribution in [0.4, 0.5) is 0 Å². The molecule has 1 aliphatic carbocycles. The summed E-state index contributed by atoms with van der Waals surface area (Å²) in [5.74, 6) is 0. The Balaban J connectivity index is 0.977. The van der Waals surface area contributed by atoms with E-state index >= 15 is 0 Å². The van der Waals surface area contributed by atoms with Crippen molar-refractivity contribution in [1.82, 2.24) is 0 Å². The second kappa shape index (κ2) is 12.4. The lowest BCUT2D eigenvalue weighted by Crippen LogP contribution is -2.15. The fourth-order valence-corrected chi connectivity index (χ4v) is 10.2. The van der Waals surface area contributed by atoms with Crippen molar-refractivity contribution in [2.24, 2.45) is 0 Å². The summed E-state index contributed by atoms with van der Waals surface area (Å²) in [5, 5.41) is 9.92. The highest BCUT2D eigenvalue weighted by Gasteiger charge is 2.37. The smallest absolute Gasteiger partial charge is 0.143 e. The van der Waals surface area contributed by atoms with Gasteiger partial charge in [-0.1, -0.05) is 190 Å². The van der Waals surface area contributed by atoms with Gasteiger partial charge in [0.05, 0.1) is 0 Å². The number of furan rings is 1. The molecule has 10 aromatic carbocycles. The third kappa shape index (κ3) is 4.77. The number of hydrogen-bond donors (Lipinski definition) is 0. The molecule has 272 valence electrons. The first-order valence-corrected chi connectivity index (χ1v) is 20.3. The molecule has 12 rings (SSSR count). The van der Waals surface area contributed by atoms with Crippen LogP contribution in [-0.2, 0) is 5.41 Å². The van der Waals surface area contributed by atoms with Gasteiger partial charge in [0.2, 0.25) is 0 Å². The largest absolute Gasteiger partial charge is 0.455 e. The molecule has 0 saturated heterocycles. The maximum absolute atomic E-state index is 6.48. The Labute approximate surface area is 337 Å². The van der Waals surface area contributed by atoms with Gasteiger partial charge in [0.25, 0.3) is 0 Å². The second-order valence-electron chi connectivity index (χ2n) is 16.4. The average molecular weight is 739 g/mol. The van der Waals surface area contributed by atoms with Crippen molar-refractivity contribution in [3.05, 3.63) is 205 Å². The van der Waals surface area contributed by atoms with Crippen LogP contribution in [0, 0.1) is 0 Å². The summed E-state index contributed by atoms with van der Waals surface area (Å²) in [4.78, 5) is 0. The maximum Gasteiger partial charge on any atom is 0.143 e. The standard InChI is InChI=1S/C57H38O/c1-57(2)51-32-30-38(34-50(51)48-31-29-36-13-3-4-16-41(36)55(48)57)35-25-27-37(28-26-35)53-44-18-5-7-20-46(44)54(47-21-8-6-19-45(47)53)40-15-11-14-39(33-40)42-22-12-23-49-43-17-9-10-24-52(43)58-56(42)49/h3-34H,1-2H3. The first kappa shape index (κ1) is 33.0. The molecule has 0 N–H and O–H groups in total. The van der Waals surface area contributed by atoms with E-state index in [4.69, 9.17) is 4.42 Å². The molecule has 1 heterocycles. The van der Waals surface area contributed by atoms with Crippen molar-refractivity contribution >= 4 is 54.3 Å². The number of hydrogen-bond acceptors (Lipinski definition) is 1. The molecule has 0 aliphatic heterocycles. The number of para-hydroxylation sites is 2. The first-order chi connectivity index (χ1) is 28.5. The summed E-state index contributed by atoms with van der Waals surface area (Å²) >= 11 is 0. The van der Waals surface area contributed by atoms with Gasteiger partial charge in [-0.25, -0.2) is 0 Å². The lowest BCUT2D eigenvalue weighted by Gasteiger charge is -2.23. The molecule has 1 aliphatic rings. The summed E-state index contributed by atoms with van der Waals surface area (Å²) in [5.41, 5.74) is 16.9. The highest BCUT2D eigenvalue weighted by Crippen LogP contribution is 2.52. The van der Waals surface area contributed by atoms with Crippen molar-refractivity contribution in [1.29, 1.82) is 0 Å². The van der Waals surface area contributed by atoms with Gasteiger partial charge in [-0.05, 0) is 112 Å². The summed E-state index contributed by atoms with van der Waals surface area (Å²) < 4.78 is 6.48. The van der Waals surface area contributed by atoms with Crippen LogP contribution < -0.4 is 0 Å². The zero-order chi connectivity index (χ0) is 38.5. The van der Waals surface area contributed by atoms with Crippen LogP contribution in [0.5, 0.6) is 0 Å². The van der Waals surface area contributed by atoms with Crippen molar-refractivity contribution < 1.29 is 4.42 Å². The van der Waals surface area contributed by atoms with E-state index in [-0.39, 0.29) is 5.41 Å². The Kier molecular flexibility index (Phi) is 7.04. The Hall–Kier alpha value is -7.22. The van der Waals surface area contributed by atoms with Gasteiger partial charge in [-0.2, -0.15) is 0 Å². The van der Waals surface area contributed by atoms with Gasteiger partial charge in [0.15, 0.2) is 0 Å². The van der Waals surface area contributed by atoms with Gasteiger partial charge in [0, 0.05) is 21.8 Å². The predicted octanol–water partition coefficient (Wildman–Crippen LogP) is 16.0. The average Bonchev–Trinajstić information content (AvgIpc) is 3.77. The first-order valence-electron chi connectivity index (χ1n) is 20.3. The van der Waals surface area contributed by atoms with E-state index in [1.54, 1.807) is 0 Å². The molecule has 1 nitrogen and oxygen atoms in total. The number of rotatable bonds is 4. The molecule has 0 atom stereocenters. The van der Waals surface area contributed by atoms with Gasteiger partial charge in [0.1, 0.15) is 11.2 Å². The lowest BCUT2D eigenvalue weighted by atomic mass is 9.80. The quantitative estimate of drug-likeness (QED) is 0.164. The monoisotopic (exact) mass is 738 g/mol. The van der Waals surface area contributed by atoms with Crippen LogP contribution in [0.25, 0.3) is 110 Å². The molecule has 0 bridgehead atoms. The molecule has 0 spiro atoms. The molecule has 0 radical (unpaired) electrons. The lowest BCUT2D eigenvalue weighted by molar-refractivity contribution is 0.666. The van der Waals surface area contributed by atoms with Crippen LogP contribution in [0.3, 0.4) is 0 Å². The summed E-state index contributed by atoms with van der Waals surface area (Å²) in [6.45, 7) is 4.75. The van der Waals surface area contributed by atoms with E-state index in [0.29, 0.717) is 0 Å². The molecule has 58 heavy (non-hydrogen) atoms. The third-order valence-electron chi connectivity index (χ3n) is 12.8. The van der Waals surface area contributed by atoms with Gasteiger partial charge in [-0.3, -0.25) is 0 Å². The van der Waals surface area contributed by atoms with Crippen LogP contribution in [0.1, 0.15) is 25.0 Å². The van der Waals surface area contributed by atoms with Crippen molar-refractivity contribution in [3.8, 4) is 55.6 Å².